The van der Waals surface area contributed by atoms with Crippen LogP contribution in [0.2, 0.25) is 0 Å². The van der Waals surface area contributed by atoms with Crippen LogP contribution in [-0.2, 0) is 4.79 Å². The van der Waals surface area contributed by atoms with Crippen molar-refractivity contribution in [2.45, 2.75) is 19.4 Å². The van der Waals surface area contributed by atoms with Gasteiger partial charge in [0, 0.05) is 18.9 Å². The molecule has 20 heavy (non-hydrogen) atoms. The van der Waals surface area contributed by atoms with Gasteiger partial charge in [-0.1, -0.05) is 6.92 Å². The Kier molecular flexibility index (Phi) is 2.89. The van der Waals surface area contributed by atoms with Gasteiger partial charge in [-0.15, -0.1) is 0 Å². The van der Waals surface area contributed by atoms with Crippen LogP contribution in [0.3, 0.4) is 0 Å². The zero-order chi connectivity index (χ0) is 14.3. The molecule has 3 rings (SSSR count). The van der Waals surface area contributed by atoms with Gasteiger partial charge in [-0.3, -0.25) is 9.78 Å². The summed E-state index contributed by atoms with van der Waals surface area (Å²) in [4.78, 5) is 29.3. The van der Waals surface area contributed by atoms with E-state index in [0.717, 1.165) is 0 Å². The number of carboxylic acid groups (broad SMARTS) is 1. The van der Waals surface area contributed by atoms with Crippen molar-refractivity contribution in [2.75, 3.05) is 6.54 Å². The summed E-state index contributed by atoms with van der Waals surface area (Å²) in [5, 5.41) is 13.4. The molecule has 2 unspecified atom stereocenters. The zero-order valence-corrected chi connectivity index (χ0v) is 10.9. The highest BCUT2D eigenvalue weighted by atomic mass is 16.4. The summed E-state index contributed by atoms with van der Waals surface area (Å²) in [6, 6.07) is -0.769. The third kappa shape index (κ3) is 1.82. The molecule has 2 aromatic rings. The lowest BCUT2D eigenvalue weighted by molar-refractivity contribution is -0.142. The van der Waals surface area contributed by atoms with Crippen LogP contribution in [0.4, 0.5) is 0 Å². The summed E-state index contributed by atoms with van der Waals surface area (Å²) in [5.41, 5.74) is 0.972. The van der Waals surface area contributed by atoms with Gasteiger partial charge < -0.3 is 10.0 Å². The molecule has 0 spiro atoms. The average molecular weight is 274 g/mol. The Morgan fingerprint density at radius 1 is 1.40 bits per heavy atom. The van der Waals surface area contributed by atoms with Gasteiger partial charge in [-0.05, 0) is 12.3 Å². The average Bonchev–Trinajstić information content (AvgIpc) is 3.01. The maximum absolute atomic E-state index is 12.6. The quantitative estimate of drug-likeness (QED) is 0.869. The highest BCUT2D eigenvalue weighted by Crippen LogP contribution is 2.26. The molecule has 7 heteroatoms. The Hall–Kier alpha value is -2.44. The summed E-state index contributed by atoms with van der Waals surface area (Å²) in [5.74, 6) is -1.31. The van der Waals surface area contributed by atoms with Gasteiger partial charge in [0.2, 0.25) is 0 Å². The second-order valence-corrected chi connectivity index (χ2v) is 5.01. The van der Waals surface area contributed by atoms with Crippen LogP contribution in [0.25, 0.3) is 5.52 Å². The lowest BCUT2D eigenvalue weighted by Crippen LogP contribution is -2.42. The highest BCUT2D eigenvalue weighted by molar-refractivity contribution is 6.02. The Labute approximate surface area is 114 Å². The van der Waals surface area contributed by atoms with Crippen molar-refractivity contribution in [1.29, 1.82) is 0 Å². The van der Waals surface area contributed by atoms with Crippen LogP contribution in [0, 0.1) is 5.92 Å². The molecule has 2 atom stereocenters. The van der Waals surface area contributed by atoms with E-state index in [1.165, 1.54) is 11.1 Å². The normalized spacial score (nSPS) is 22.4. The van der Waals surface area contributed by atoms with Crippen molar-refractivity contribution in [3.8, 4) is 0 Å². The predicted molar refractivity (Wildman–Crippen MR) is 69.2 cm³/mol. The first-order valence-corrected chi connectivity index (χ1v) is 6.40. The fourth-order valence-corrected chi connectivity index (χ4v) is 2.71. The number of carboxylic acids is 1. The van der Waals surface area contributed by atoms with Gasteiger partial charge in [-0.25, -0.2) is 9.31 Å². The molecule has 1 saturated heterocycles. The van der Waals surface area contributed by atoms with E-state index >= 15 is 0 Å². The van der Waals surface area contributed by atoms with Crippen LogP contribution in [-0.4, -0.2) is 49.1 Å². The number of likely N-dealkylation sites (tertiary alicyclic amines) is 1. The van der Waals surface area contributed by atoms with Crippen LogP contribution in [0.5, 0.6) is 0 Å². The topological polar surface area (TPSA) is 87.8 Å². The molecule has 1 aliphatic heterocycles. The smallest absolute Gasteiger partial charge is 0.326 e. The number of aliphatic carboxylic acids is 1. The fourth-order valence-electron chi connectivity index (χ4n) is 2.71. The molecule has 1 N–H and O–H groups in total. The summed E-state index contributed by atoms with van der Waals surface area (Å²) >= 11 is 0. The van der Waals surface area contributed by atoms with E-state index in [1.54, 1.807) is 23.1 Å². The Morgan fingerprint density at radius 2 is 2.20 bits per heavy atom. The predicted octanol–water partition coefficient (Wildman–Crippen LogP) is 0.664. The summed E-state index contributed by atoms with van der Waals surface area (Å²) in [7, 11) is 0. The molecule has 7 nitrogen and oxygen atoms in total. The molecule has 0 aliphatic carbocycles. The van der Waals surface area contributed by atoms with E-state index in [0.29, 0.717) is 24.0 Å². The molecule has 0 aromatic carbocycles. The lowest BCUT2D eigenvalue weighted by atomic mass is 10.0. The van der Waals surface area contributed by atoms with E-state index in [4.69, 9.17) is 0 Å². The molecule has 104 valence electrons. The van der Waals surface area contributed by atoms with E-state index in [1.807, 2.05) is 6.92 Å². The Bertz CT molecular complexity index is 681. The molecule has 0 saturated carbocycles. The Balaban J connectivity index is 1.98. The number of rotatable bonds is 2. The standard InChI is InChI=1S/C13H14N4O3/c1-8-2-4-16(11(8)13(19)20)12(18)9-6-15-17-5-3-14-7-10(9)17/h3,5-8,11H,2,4H2,1H3,(H,19,20). The van der Waals surface area contributed by atoms with Crippen LogP contribution < -0.4 is 0 Å². The first-order valence-electron chi connectivity index (χ1n) is 6.40. The maximum atomic E-state index is 12.6. The van der Waals surface area contributed by atoms with Crippen LogP contribution >= 0.6 is 0 Å². The monoisotopic (exact) mass is 274 g/mol. The summed E-state index contributed by atoms with van der Waals surface area (Å²) in [6.07, 6.45) is 6.93. The molecule has 2 aromatic heterocycles. The van der Waals surface area contributed by atoms with E-state index in [2.05, 4.69) is 10.1 Å². The van der Waals surface area contributed by atoms with Gasteiger partial charge in [-0.2, -0.15) is 5.10 Å². The van der Waals surface area contributed by atoms with Crippen molar-refractivity contribution in [2.24, 2.45) is 5.92 Å². The van der Waals surface area contributed by atoms with Gasteiger partial charge >= 0.3 is 5.97 Å². The minimum absolute atomic E-state index is 0.0450. The van der Waals surface area contributed by atoms with Crippen molar-refractivity contribution in [3.05, 3.63) is 30.4 Å². The third-order valence-corrected chi connectivity index (χ3v) is 3.77. The second kappa shape index (κ2) is 4.59. The van der Waals surface area contributed by atoms with Gasteiger partial charge in [0.05, 0.1) is 23.5 Å². The number of amides is 1. The van der Waals surface area contributed by atoms with Gasteiger partial charge in [0.15, 0.2) is 0 Å². The largest absolute Gasteiger partial charge is 0.480 e. The number of fused-ring (bicyclic) bond motifs is 1. The number of hydrogen-bond donors (Lipinski definition) is 1. The first-order chi connectivity index (χ1) is 9.59. The van der Waals surface area contributed by atoms with Crippen LogP contribution in [0.1, 0.15) is 23.7 Å². The SMILES string of the molecule is CC1CCN(C(=O)c2cnn3ccncc23)C1C(=O)O. The second-order valence-electron chi connectivity index (χ2n) is 5.01. The minimum Gasteiger partial charge on any atom is -0.480 e. The lowest BCUT2D eigenvalue weighted by Gasteiger charge is -2.22. The zero-order valence-electron chi connectivity index (χ0n) is 10.9. The van der Waals surface area contributed by atoms with Gasteiger partial charge in [0.25, 0.3) is 5.91 Å². The molecule has 3 heterocycles. The molecular weight excluding hydrogens is 260 g/mol. The molecule has 1 aliphatic rings. The highest BCUT2D eigenvalue weighted by Gasteiger charge is 2.40. The fraction of sp³-hybridized carbons (Fsp3) is 0.385. The molecule has 0 radical (unpaired) electrons. The number of hydrogen-bond acceptors (Lipinski definition) is 4. The van der Waals surface area contributed by atoms with Crippen LogP contribution in [0.15, 0.2) is 24.8 Å². The van der Waals surface area contributed by atoms with Crippen molar-refractivity contribution in [3.63, 3.8) is 0 Å². The van der Waals surface area contributed by atoms with Crippen molar-refractivity contribution in [1.82, 2.24) is 19.5 Å². The molecular formula is C13H14N4O3. The number of carbonyl (C=O) groups is 2. The number of carbonyl (C=O) groups excluding carboxylic acids is 1. The maximum Gasteiger partial charge on any atom is 0.326 e. The summed E-state index contributed by atoms with van der Waals surface area (Å²) in [6.45, 7) is 2.30. The molecule has 1 amide bonds. The summed E-state index contributed by atoms with van der Waals surface area (Å²) < 4.78 is 1.55. The minimum atomic E-state index is -0.960. The number of aromatic nitrogens is 3. The van der Waals surface area contributed by atoms with E-state index in [9.17, 15) is 14.7 Å². The Morgan fingerprint density at radius 3 is 2.95 bits per heavy atom. The van der Waals surface area contributed by atoms with E-state index in [-0.39, 0.29) is 11.8 Å². The van der Waals surface area contributed by atoms with Crippen molar-refractivity contribution >= 4 is 17.4 Å². The third-order valence-electron chi connectivity index (χ3n) is 3.77. The van der Waals surface area contributed by atoms with Gasteiger partial charge in [0.1, 0.15) is 6.04 Å². The first kappa shape index (κ1) is 12.6. The molecule has 1 fully saturated rings. The van der Waals surface area contributed by atoms with E-state index < -0.39 is 12.0 Å². The number of nitrogens with zero attached hydrogens (tertiary/aromatic N) is 4. The molecule has 0 bridgehead atoms. The van der Waals surface area contributed by atoms with Crippen molar-refractivity contribution < 1.29 is 14.7 Å².